The van der Waals surface area contributed by atoms with Crippen LogP contribution in [0, 0.1) is 0 Å². The molecule has 30 heavy (non-hydrogen) atoms. The van der Waals surface area contributed by atoms with Gasteiger partial charge in [-0.15, -0.1) is 10.2 Å². The van der Waals surface area contributed by atoms with Crippen molar-refractivity contribution in [3.8, 4) is 0 Å². The van der Waals surface area contributed by atoms with Crippen LogP contribution in [0.2, 0.25) is 5.02 Å². The van der Waals surface area contributed by atoms with E-state index in [0.29, 0.717) is 10.9 Å². The van der Waals surface area contributed by atoms with Crippen LogP contribution in [0.3, 0.4) is 0 Å². The summed E-state index contributed by atoms with van der Waals surface area (Å²) in [6.07, 6.45) is 2.46. The van der Waals surface area contributed by atoms with E-state index in [1.54, 1.807) is 11.8 Å². The first-order valence-corrected chi connectivity index (χ1v) is 11.7. The lowest BCUT2D eigenvalue weighted by Crippen LogP contribution is -2.08. The molecule has 1 aliphatic carbocycles. The second-order valence-electron chi connectivity index (χ2n) is 7.79. The highest BCUT2D eigenvalue weighted by molar-refractivity contribution is 7.99. The quantitative estimate of drug-likeness (QED) is 0.329. The third-order valence-electron chi connectivity index (χ3n) is 5.57. The molecule has 2 heterocycles. The average molecular weight is 438 g/mol. The lowest BCUT2D eigenvalue weighted by atomic mass is 10.2. The van der Waals surface area contributed by atoms with Gasteiger partial charge in [0.1, 0.15) is 11.6 Å². The molecule has 5 rings (SSSR count). The van der Waals surface area contributed by atoms with Gasteiger partial charge in [0.25, 0.3) is 0 Å². The van der Waals surface area contributed by atoms with Gasteiger partial charge in [0.15, 0.2) is 5.16 Å². The van der Waals surface area contributed by atoms with E-state index in [-0.39, 0.29) is 5.25 Å². The number of fused-ring (bicyclic) bond motifs is 1. The highest BCUT2D eigenvalue weighted by Crippen LogP contribution is 2.42. The fourth-order valence-electron chi connectivity index (χ4n) is 3.90. The Kier molecular flexibility index (Phi) is 5.29. The molecule has 0 radical (unpaired) electrons. The van der Waals surface area contributed by atoms with Gasteiger partial charge >= 0.3 is 0 Å². The summed E-state index contributed by atoms with van der Waals surface area (Å²) in [5.74, 6) is 2.75. The molecule has 0 saturated heterocycles. The molecule has 4 aromatic rings. The van der Waals surface area contributed by atoms with E-state index in [4.69, 9.17) is 16.6 Å². The Morgan fingerprint density at radius 1 is 1.10 bits per heavy atom. The number of rotatable bonds is 7. The number of halogens is 1. The molecule has 0 N–H and O–H groups in total. The molecule has 0 bridgehead atoms. The number of thioether (sulfide) groups is 1. The van der Waals surface area contributed by atoms with Crippen LogP contribution in [0.15, 0.2) is 53.7 Å². The largest absolute Gasteiger partial charge is 0.323 e. The average Bonchev–Trinajstić information content (AvgIpc) is 3.43. The fraction of sp³-hybridized carbons (Fsp3) is 0.348. The van der Waals surface area contributed by atoms with Gasteiger partial charge in [0.05, 0.1) is 16.3 Å². The summed E-state index contributed by atoms with van der Waals surface area (Å²) in [5.41, 5.74) is 3.27. The Hall–Kier alpha value is -2.31. The minimum Gasteiger partial charge on any atom is -0.323 e. The molecule has 0 aliphatic heterocycles. The summed E-state index contributed by atoms with van der Waals surface area (Å²) in [4.78, 5) is 4.98. The van der Waals surface area contributed by atoms with E-state index in [9.17, 15) is 0 Å². The summed E-state index contributed by atoms with van der Waals surface area (Å²) < 4.78 is 4.56. The second-order valence-corrected chi connectivity index (χ2v) is 9.54. The number of aromatic nitrogens is 5. The number of benzene rings is 2. The van der Waals surface area contributed by atoms with E-state index in [0.717, 1.165) is 40.9 Å². The Balaban J connectivity index is 1.52. The third kappa shape index (κ3) is 3.74. The molecular formula is C23H24ClN5S. The fourth-order valence-corrected chi connectivity index (χ4v) is 5.11. The van der Waals surface area contributed by atoms with Crippen molar-refractivity contribution >= 4 is 34.4 Å². The zero-order valence-corrected chi connectivity index (χ0v) is 18.7. The topological polar surface area (TPSA) is 48.5 Å². The van der Waals surface area contributed by atoms with Crippen LogP contribution in [-0.2, 0) is 13.1 Å². The monoisotopic (exact) mass is 437 g/mol. The van der Waals surface area contributed by atoms with Gasteiger partial charge in [-0.2, -0.15) is 0 Å². The Labute approximate surface area is 185 Å². The first-order valence-electron chi connectivity index (χ1n) is 10.4. The minimum absolute atomic E-state index is 0.126. The summed E-state index contributed by atoms with van der Waals surface area (Å²) in [6, 6.07) is 16.4. The van der Waals surface area contributed by atoms with Crippen molar-refractivity contribution < 1.29 is 0 Å². The van der Waals surface area contributed by atoms with Crippen molar-refractivity contribution in [2.75, 3.05) is 0 Å². The van der Waals surface area contributed by atoms with Crippen molar-refractivity contribution in [2.24, 2.45) is 0 Å². The van der Waals surface area contributed by atoms with Gasteiger partial charge in [-0.05, 0) is 50.5 Å². The SMILES string of the molecule is CCn1c(SC(C)c2nc3cc(Cl)ccc3n2Cc2ccccc2)nnc1C1CC1. The first kappa shape index (κ1) is 19.6. The Bertz CT molecular complexity index is 1180. The molecule has 2 aromatic heterocycles. The van der Waals surface area contributed by atoms with Crippen molar-refractivity contribution in [3.63, 3.8) is 0 Å². The van der Waals surface area contributed by atoms with E-state index in [2.05, 4.69) is 63.5 Å². The minimum atomic E-state index is 0.126. The normalized spacial score (nSPS) is 15.0. The maximum absolute atomic E-state index is 6.25. The van der Waals surface area contributed by atoms with Crippen molar-refractivity contribution in [2.45, 2.75) is 56.1 Å². The number of hydrogen-bond acceptors (Lipinski definition) is 4. The predicted octanol–water partition coefficient (Wildman–Crippen LogP) is 6.08. The molecule has 1 aliphatic rings. The van der Waals surface area contributed by atoms with Crippen molar-refractivity contribution in [1.82, 2.24) is 24.3 Å². The van der Waals surface area contributed by atoms with Crippen LogP contribution >= 0.6 is 23.4 Å². The Morgan fingerprint density at radius 2 is 1.90 bits per heavy atom. The van der Waals surface area contributed by atoms with Crippen molar-refractivity contribution in [3.05, 3.63) is 70.8 Å². The maximum atomic E-state index is 6.25. The van der Waals surface area contributed by atoms with E-state index >= 15 is 0 Å². The molecular weight excluding hydrogens is 414 g/mol. The predicted molar refractivity (Wildman–Crippen MR) is 122 cm³/mol. The highest BCUT2D eigenvalue weighted by atomic mass is 35.5. The first-order chi connectivity index (χ1) is 14.6. The van der Waals surface area contributed by atoms with Crippen LogP contribution in [0.25, 0.3) is 11.0 Å². The third-order valence-corrected chi connectivity index (χ3v) is 6.89. The molecule has 7 heteroatoms. The zero-order chi connectivity index (χ0) is 20.7. The van der Waals surface area contributed by atoms with Crippen LogP contribution in [0.4, 0.5) is 0 Å². The van der Waals surface area contributed by atoms with E-state index < -0.39 is 0 Å². The van der Waals surface area contributed by atoms with Crippen LogP contribution in [0.1, 0.15) is 55.1 Å². The van der Waals surface area contributed by atoms with Crippen LogP contribution in [0.5, 0.6) is 0 Å². The van der Waals surface area contributed by atoms with Gasteiger partial charge in [-0.25, -0.2) is 4.98 Å². The van der Waals surface area contributed by atoms with Gasteiger partial charge in [0.2, 0.25) is 0 Å². The molecule has 2 aromatic carbocycles. The zero-order valence-electron chi connectivity index (χ0n) is 17.1. The smallest absolute Gasteiger partial charge is 0.191 e. The molecule has 1 fully saturated rings. The van der Waals surface area contributed by atoms with Crippen LogP contribution < -0.4 is 0 Å². The summed E-state index contributed by atoms with van der Waals surface area (Å²) in [7, 11) is 0. The summed E-state index contributed by atoms with van der Waals surface area (Å²) in [5, 5.41) is 10.8. The van der Waals surface area contributed by atoms with Gasteiger partial charge in [0, 0.05) is 24.0 Å². The highest BCUT2D eigenvalue weighted by Gasteiger charge is 2.30. The molecule has 0 spiro atoms. The second kappa shape index (κ2) is 8.08. The molecule has 5 nitrogen and oxygen atoms in total. The van der Waals surface area contributed by atoms with Gasteiger partial charge in [-0.1, -0.05) is 53.7 Å². The van der Waals surface area contributed by atoms with E-state index in [1.165, 1.54) is 18.4 Å². The Morgan fingerprint density at radius 3 is 2.63 bits per heavy atom. The van der Waals surface area contributed by atoms with Gasteiger partial charge in [-0.3, -0.25) is 0 Å². The number of imidazole rings is 1. The van der Waals surface area contributed by atoms with E-state index in [1.807, 2.05) is 18.2 Å². The van der Waals surface area contributed by atoms with Gasteiger partial charge < -0.3 is 9.13 Å². The maximum Gasteiger partial charge on any atom is 0.191 e. The molecule has 1 unspecified atom stereocenters. The van der Waals surface area contributed by atoms with Crippen molar-refractivity contribution in [1.29, 1.82) is 0 Å². The molecule has 1 saturated carbocycles. The molecule has 154 valence electrons. The number of nitrogens with zero attached hydrogens (tertiary/aromatic N) is 5. The summed E-state index contributed by atoms with van der Waals surface area (Å²) in [6.45, 7) is 6.02. The summed E-state index contributed by atoms with van der Waals surface area (Å²) >= 11 is 7.98. The molecule has 1 atom stereocenters. The molecule has 0 amide bonds. The lowest BCUT2D eigenvalue weighted by Gasteiger charge is -2.15. The standard InChI is InChI=1S/C23H24ClN5S/c1-3-28-22(17-9-10-17)26-27-23(28)30-15(2)21-25-19-13-18(24)11-12-20(19)29(21)14-16-7-5-4-6-8-16/h4-8,11-13,15,17H,3,9-10,14H2,1-2H3. The number of hydrogen-bond donors (Lipinski definition) is 0. The lowest BCUT2D eigenvalue weighted by molar-refractivity contribution is 0.641. The van der Waals surface area contributed by atoms with Crippen LogP contribution in [-0.4, -0.2) is 24.3 Å².